The van der Waals surface area contributed by atoms with E-state index in [0.29, 0.717) is 17.1 Å². The number of carbonyl (C=O) groups is 1. The normalized spacial score (nSPS) is 10.4. The molecule has 2 rings (SSSR count). The number of hydrogen-bond acceptors (Lipinski definition) is 4. The van der Waals surface area contributed by atoms with Gasteiger partial charge in [-0.1, -0.05) is 16.8 Å². The van der Waals surface area contributed by atoms with Gasteiger partial charge in [-0.05, 0) is 0 Å². The van der Waals surface area contributed by atoms with Crippen LogP contribution >= 0.6 is 11.6 Å². The second kappa shape index (κ2) is 3.22. The molecule has 0 saturated heterocycles. The topological polar surface area (TPSA) is 65.6 Å². The molecule has 0 aromatic carbocycles. The summed E-state index contributed by atoms with van der Waals surface area (Å²) < 4.78 is 2.90. The predicted octanol–water partition coefficient (Wildman–Crippen LogP) is 0.467. The van der Waals surface area contributed by atoms with E-state index in [1.165, 1.54) is 15.6 Å². The highest BCUT2D eigenvalue weighted by Crippen LogP contribution is 2.17. The van der Waals surface area contributed by atoms with Gasteiger partial charge in [-0.25, -0.2) is 4.68 Å². The fourth-order valence-electron chi connectivity index (χ4n) is 1.01. The Morgan fingerprint density at radius 1 is 1.57 bits per heavy atom. The third kappa shape index (κ3) is 1.29. The molecule has 0 aliphatic carbocycles. The Hall–Kier alpha value is -1.69. The lowest BCUT2D eigenvalue weighted by Gasteiger charge is -1.95. The number of aromatic nitrogens is 5. The summed E-state index contributed by atoms with van der Waals surface area (Å²) in [4.78, 5) is 10.4. The Morgan fingerprint density at radius 3 is 2.86 bits per heavy atom. The van der Waals surface area contributed by atoms with Crippen LogP contribution in [-0.4, -0.2) is 31.1 Å². The number of rotatable bonds is 2. The van der Waals surface area contributed by atoms with Gasteiger partial charge in [0.2, 0.25) is 0 Å². The molecule has 72 valence electrons. The molecule has 0 aliphatic rings. The second-order valence-corrected chi connectivity index (χ2v) is 3.01. The van der Waals surface area contributed by atoms with Gasteiger partial charge in [0.15, 0.2) is 11.4 Å². The molecule has 14 heavy (non-hydrogen) atoms. The van der Waals surface area contributed by atoms with Gasteiger partial charge in [0.1, 0.15) is 11.4 Å². The average Bonchev–Trinajstić information content (AvgIpc) is 2.75. The van der Waals surface area contributed by atoms with Gasteiger partial charge < -0.3 is 0 Å². The molecular formula is C7H6ClN5O. The molecule has 2 aromatic rings. The largest absolute Gasteiger partial charge is 0.296 e. The maximum Gasteiger partial charge on any atom is 0.171 e. The number of aldehydes is 1. The summed E-state index contributed by atoms with van der Waals surface area (Å²) in [6.45, 7) is 0. The summed E-state index contributed by atoms with van der Waals surface area (Å²) in [5, 5.41) is 11.7. The molecule has 0 bridgehead atoms. The third-order valence-corrected chi connectivity index (χ3v) is 2.17. The molecule has 0 aliphatic heterocycles. The van der Waals surface area contributed by atoms with Crippen LogP contribution in [-0.2, 0) is 7.05 Å². The maximum atomic E-state index is 10.4. The van der Waals surface area contributed by atoms with Crippen LogP contribution in [0.1, 0.15) is 10.5 Å². The molecule has 0 radical (unpaired) electrons. The minimum atomic E-state index is 0.255. The minimum Gasteiger partial charge on any atom is -0.296 e. The van der Waals surface area contributed by atoms with Crippen molar-refractivity contribution in [3.63, 3.8) is 0 Å². The van der Waals surface area contributed by atoms with Gasteiger partial charge >= 0.3 is 0 Å². The number of aryl methyl sites for hydroxylation is 1. The minimum absolute atomic E-state index is 0.255. The lowest BCUT2D eigenvalue weighted by Crippen LogP contribution is -1.95. The highest BCUT2D eigenvalue weighted by molar-refractivity contribution is 6.31. The Balaban J connectivity index is 2.49. The van der Waals surface area contributed by atoms with Crippen LogP contribution in [0.25, 0.3) is 5.69 Å². The first-order valence-corrected chi connectivity index (χ1v) is 4.15. The highest BCUT2D eigenvalue weighted by Gasteiger charge is 2.09. The summed E-state index contributed by atoms with van der Waals surface area (Å²) in [6.07, 6.45) is 3.65. The molecule has 0 amide bonds. The summed E-state index contributed by atoms with van der Waals surface area (Å²) in [6, 6.07) is 0. The van der Waals surface area contributed by atoms with Gasteiger partial charge in [0.25, 0.3) is 0 Å². The van der Waals surface area contributed by atoms with Gasteiger partial charge in [0.05, 0.1) is 12.4 Å². The van der Waals surface area contributed by atoms with E-state index in [1.807, 2.05) is 0 Å². The number of halogens is 1. The Bertz CT molecular complexity index is 474. The van der Waals surface area contributed by atoms with E-state index < -0.39 is 0 Å². The van der Waals surface area contributed by atoms with E-state index in [2.05, 4.69) is 15.4 Å². The highest BCUT2D eigenvalue weighted by atomic mass is 35.5. The van der Waals surface area contributed by atoms with Crippen molar-refractivity contribution in [1.29, 1.82) is 0 Å². The monoisotopic (exact) mass is 211 g/mol. The van der Waals surface area contributed by atoms with Crippen molar-refractivity contribution in [2.24, 2.45) is 7.05 Å². The van der Waals surface area contributed by atoms with Crippen molar-refractivity contribution in [3.05, 3.63) is 23.2 Å². The zero-order chi connectivity index (χ0) is 10.1. The molecule has 0 N–H and O–H groups in total. The Kier molecular flexibility index (Phi) is 2.05. The lowest BCUT2D eigenvalue weighted by atomic mass is 10.5. The number of hydrogen-bond donors (Lipinski definition) is 0. The quantitative estimate of drug-likeness (QED) is 0.678. The molecule has 0 unspecified atom stereocenters. The van der Waals surface area contributed by atoms with Crippen LogP contribution in [0.4, 0.5) is 0 Å². The first-order chi connectivity index (χ1) is 6.72. The molecule has 0 spiro atoms. The first kappa shape index (κ1) is 8.89. The van der Waals surface area contributed by atoms with Gasteiger partial charge in [-0.15, -0.1) is 5.10 Å². The fourth-order valence-corrected chi connectivity index (χ4v) is 1.19. The summed E-state index contributed by atoms with van der Waals surface area (Å²) in [5.74, 6) is 0. The van der Waals surface area contributed by atoms with Crippen LogP contribution in [0.5, 0.6) is 0 Å². The van der Waals surface area contributed by atoms with E-state index in [-0.39, 0.29) is 5.69 Å². The van der Waals surface area contributed by atoms with Crippen molar-refractivity contribution in [2.75, 3.05) is 0 Å². The summed E-state index contributed by atoms with van der Waals surface area (Å²) >= 11 is 5.92. The van der Waals surface area contributed by atoms with Crippen LogP contribution in [0, 0.1) is 0 Å². The second-order valence-electron chi connectivity index (χ2n) is 2.65. The van der Waals surface area contributed by atoms with E-state index in [9.17, 15) is 4.79 Å². The van der Waals surface area contributed by atoms with Gasteiger partial charge in [-0.2, -0.15) is 5.10 Å². The van der Waals surface area contributed by atoms with E-state index in [4.69, 9.17) is 11.6 Å². The molecule has 2 heterocycles. The average molecular weight is 212 g/mol. The van der Waals surface area contributed by atoms with Crippen molar-refractivity contribution in [3.8, 4) is 5.69 Å². The molecule has 0 fully saturated rings. The fraction of sp³-hybridized carbons (Fsp3) is 0.143. The zero-order valence-electron chi connectivity index (χ0n) is 7.25. The van der Waals surface area contributed by atoms with Crippen LogP contribution in [0.15, 0.2) is 12.4 Å². The van der Waals surface area contributed by atoms with Gasteiger partial charge in [0, 0.05) is 7.05 Å². The SMILES string of the molecule is Cn1ncc(-n2cc(C=O)nn2)c1Cl. The standard InChI is InChI=1S/C7H6ClN5O/c1-12-7(8)6(2-9-12)13-3-5(4-14)10-11-13/h2-4H,1H3. The summed E-state index contributed by atoms with van der Waals surface area (Å²) in [5.41, 5.74) is 0.847. The smallest absolute Gasteiger partial charge is 0.171 e. The van der Waals surface area contributed by atoms with E-state index in [1.54, 1.807) is 13.2 Å². The van der Waals surface area contributed by atoms with Crippen molar-refractivity contribution >= 4 is 17.9 Å². The maximum absolute atomic E-state index is 10.4. The van der Waals surface area contributed by atoms with Crippen LogP contribution in [0.2, 0.25) is 5.15 Å². The Labute approximate surface area is 84.1 Å². The van der Waals surface area contributed by atoms with Crippen molar-refractivity contribution < 1.29 is 4.79 Å². The first-order valence-electron chi connectivity index (χ1n) is 3.78. The van der Waals surface area contributed by atoms with E-state index in [0.717, 1.165) is 0 Å². The van der Waals surface area contributed by atoms with E-state index >= 15 is 0 Å². The van der Waals surface area contributed by atoms with Crippen LogP contribution in [0.3, 0.4) is 0 Å². The summed E-state index contributed by atoms with van der Waals surface area (Å²) in [7, 11) is 1.71. The van der Waals surface area contributed by atoms with Crippen molar-refractivity contribution in [2.45, 2.75) is 0 Å². The molecule has 0 saturated carbocycles. The zero-order valence-corrected chi connectivity index (χ0v) is 8.01. The van der Waals surface area contributed by atoms with Gasteiger partial charge in [-0.3, -0.25) is 9.48 Å². The Morgan fingerprint density at radius 2 is 2.36 bits per heavy atom. The molecule has 7 heteroatoms. The molecule has 0 atom stereocenters. The molecule has 2 aromatic heterocycles. The predicted molar refractivity (Wildman–Crippen MR) is 48.5 cm³/mol. The lowest BCUT2D eigenvalue weighted by molar-refractivity contribution is 0.111. The van der Waals surface area contributed by atoms with Crippen molar-refractivity contribution in [1.82, 2.24) is 24.8 Å². The molecular weight excluding hydrogens is 206 g/mol. The number of carbonyl (C=O) groups excluding carboxylic acids is 1. The number of nitrogens with zero attached hydrogens (tertiary/aromatic N) is 5. The van der Waals surface area contributed by atoms with Crippen LogP contribution < -0.4 is 0 Å². The molecule has 6 nitrogen and oxygen atoms in total. The third-order valence-electron chi connectivity index (χ3n) is 1.73.